The van der Waals surface area contributed by atoms with Gasteiger partial charge in [0.05, 0.1) is 6.10 Å². The highest BCUT2D eigenvalue weighted by Gasteiger charge is 2.16. The Morgan fingerprint density at radius 2 is 2.28 bits per heavy atom. The van der Waals surface area contributed by atoms with Crippen LogP contribution < -0.4 is 5.73 Å². The second kappa shape index (κ2) is 5.16. The van der Waals surface area contributed by atoms with Gasteiger partial charge in [-0.15, -0.1) is 11.8 Å². The molecule has 0 bridgehead atoms. The van der Waals surface area contributed by atoms with E-state index in [4.69, 9.17) is 10.5 Å². The zero-order valence-corrected chi connectivity index (χ0v) is 11.0. The maximum Gasteiger partial charge on any atom is 0.0669 e. The minimum atomic E-state index is 0.407. The van der Waals surface area contributed by atoms with Crippen LogP contribution in [-0.2, 0) is 4.74 Å². The smallest absolute Gasteiger partial charge is 0.0669 e. The van der Waals surface area contributed by atoms with Gasteiger partial charge < -0.3 is 10.5 Å². The summed E-state index contributed by atoms with van der Waals surface area (Å²) in [5.74, 6) is 1.02. The van der Waals surface area contributed by atoms with Gasteiger partial charge in [0.15, 0.2) is 0 Å². The maximum absolute atomic E-state index is 5.97. The van der Waals surface area contributed by atoms with Crippen molar-refractivity contribution in [3.8, 4) is 0 Å². The first-order valence-electron chi connectivity index (χ1n) is 6.21. The fraction of sp³-hybridized carbons (Fsp3) is 0.357. The Hall–Kier alpha value is -1.26. The van der Waals surface area contributed by atoms with Gasteiger partial charge >= 0.3 is 0 Å². The molecule has 3 rings (SSSR count). The van der Waals surface area contributed by atoms with Gasteiger partial charge in [-0.25, -0.2) is 0 Å². The van der Waals surface area contributed by atoms with Gasteiger partial charge in [0.2, 0.25) is 0 Å². The lowest BCUT2D eigenvalue weighted by molar-refractivity contribution is 0.129. The number of nitrogens with two attached hydrogens (primary N) is 1. The Kier molecular flexibility index (Phi) is 3.39. The van der Waals surface area contributed by atoms with Gasteiger partial charge in [-0.2, -0.15) is 0 Å². The minimum absolute atomic E-state index is 0.407. The van der Waals surface area contributed by atoms with E-state index in [1.165, 1.54) is 23.1 Å². The van der Waals surface area contributed by atoms with Crippen LogP contribution in [0.2, 0.25) is 0 Å². The van der Waals surface area contributed by atoms with Gasteiger partial charge in [0, 0.05) is 46.1 Å². The second-order valence-corrected chi connectivity index (χ2v) is 5.58. The first kappa shape index (κ1) is 11.8. The molecule has 1 saturated heterocycles. The zero-order chi connectivity index (χ0) is 12.4. The highest BCUT2D eigenvalue weighted by atomic mass is 32.2. The number of fused-ring (bicyclic) bond motifs is 1. The van der Waals surface area contributed by atoms with Crippen LogP contribution in [-0.4, -0.2) is 23.4 Å². The Bertz CT molecular complexity index is 552. The topological polar surface area (TPSA) is 48.1 Å². The number of aromatic nitrogens is 1. The summed E-state index contributed by atoms with van der Waals surface area (Å²) >= 11 is 1.85. The average molecular weight is 260 g/mol. The van der Waals surface area contributed by atoms with Crippen LogP contribution in [0.1, 0.15) is 12.8 Å². The molecule has 1 fully saturated rings. The molecule has 94 valence electrons. The third kappa shape index (κ3) is 2.31. The van der Waals surface area contributed by atoms with Crippen LogP contribution >= 0.6 is 11.8 Å². The lowest BCUT2D eigenvalue weighted by Crippen LogP contribution is -2.07. The highest BCUT2D eigenvalue weighted by Crippen LogP contribution is 2.32. The average Bonchev–Trinajstić information content (AvgIpc) is 2.92. The minimum Gasteiger partial charge on any atom is -0.398 e. The number of thioether (sulfide) groups is 1. The van der Waals surface area contributed by atoms with Gasteiger partial charge in [0.1, 0.15) is 0 Å². The molecule has 2 heterocycles. The fourth-order valence-electron chi connectivity index (χ4n) is 2.27. The molecular weight excluding hydrogens is 244 g/mol. The molecule has 0 amide bonds. The molecule has 1 aliphatic rings. The van der Waals surface area contributed by atoms with Gasteiger partial charge in [-0.05, 0) is 31.0 Å². The van der Waals surface area contributed by atoms with Crippen molar-refractivity contribution in [1.82, 2.24) is 4.98 Å². The van der Waals surface area contributed by atoms with Crippen LogP contribution in [0, 0.1) is 0 Å². The number of hydrogen-bond acceptors (Lipinski definition) is 4. The Morgan fingerprint density at radius 1 is 1.33 bits per heavy atom. The van der Waals surface area contributed by atoms with Crippen LogP contribution in [0.25, 0.3) is 10.8 Å². The lowest BCUT2D eigenvalue weighted by Gasteiger charge is -2.11. The van der Waals surface area contributed by atoms with Crippen molar-refractivity contribution in [3.05, 3.63) is 30.6 Å². The number of benzene rings is 1. The third-order valence-corrected chi connectivity index (χ3v) is 4.47. The zero-order valence-electron chi connectivity index (χ0n) is 10.1. The van der Waals surface area contributed by atoms with E-state index in [9.17, 15) is 0 Å². The molecule has 0 spiro atoms. The number of hydrogen-bond donors (Lipinski definition) is 1. The summed E-state index contributed by atoms with van der Waals surface area (Å²) in [6.45, 7) is 0.914. The van der Waals surface area contributed by atoms with Crippen molar-refractivity contribution in [3.63, 3.8) is 0 Å². The highest BCUT2D eigenvalue weighted by molar-refractivity contribution is 7.99. The predicted molar refractivity (Wildman–Crippen MR) is 75.9 cm³/mol. The SMILES string of the molecule is Nc1ccc(SCC2CCCO2)c2ccncc12. The first-order valence-corrected chi connectivity index (χ1v) is 7.20. The van der Waals surface area contributed by atoms with E-state index in [0.29, 0.717) is 6.10 Å². The van der Waals surface area contributed by atoms with Gasteiger partial charge in [-0.3, -0.25) is 4.98 Å². The molecule has 0 radical (unpaired) electrons. The number of nitrogens with zero attached hydrogens (tertiary/aromatic N) is 1. The molecule has 0 aliphatic carbocycles. The van der Waals surface area contributed by atoms with E-state index in [2.05, 4.69) is 11.1 Å². The molecule has 1 atom stereocenters. The quantitative estimate of drug-likeness (QED) is 0.680. The summed E-state index contributed by atoms with van der Waals surface area (Å²) < 4.78 is 5.65. The first-order chi connectivity index (χ1) is 8.84. The van der Waals surface area contributed by atoms with E-state index in [0.717, 1.165) is 23.4 Å². The number of rotatable bonds is 3. The molecule has 0 saturated carbocycles. The molecular formula is C14H16N2OS. The van der Waals surface area contributed by atoms with E-state index in [-0.39, 0.29) is 0 Å². The fourth-order valence-corrected chi connectivity index (χ4v) is 3.39. The maximum atomic E-state index is 5.97. The molecule has 4 heteroatoms. The largest absolute Gasteiger partial charge is 0.398 e. The number of anilines is 1. The Labute approximate surface area is 111 Å². The van der Waals surface area contributed by atoms with E-state index in [1.807, 2.05) is 36.3 Å². The summed E-state index contributed by atoms with van der Waals surface area (Å²) in [5.41, 5.74) is 6.76. The van der Waals surface area contributed by atoms with Crippen molar-refractivity contribution in [2.45, 2.75) is 23.8 Å². The number of nitrogen functional groups attached to an aromatic ring is 1. The molecule has 2 N–H and O–H groups in total. The molecule has 2 aromatic rings. The van der Waals surface area contributed by atoms with Crippen molar-refractivity contribution in [2.24, 2.45) is 0 Å². The van der Waals surface area contributed by atoms with Crippen molar-refractivity contribution in [1.29, 1.82) is 0 Å². The standard InChI is InChI=1S/C14H16N2OS/c15-13-3-4-14(11-5-6-16-8-12(11)13)18-9-10-2-1-7-17-10/h3-6,8,10H,1-2,7,9,15H2. The predicted octanol–water partition coefficient (Wildman–Crippen LogP) is 3.09. The van der Waals surface area contributed by atoms with Crippen LogP contribution in [0.5, 0.6) is 0 Å². The van der Waals surface area contributed by atoms with Gasteiger partial charge in [-0.1, -0.05) is 0 Å². The van der Waals surface area contributed by atoms with E-state index >= 15 is 0 Å². The molecule has 18 heavy (non-hydrogen) atoms. The second-order valence-electron chi connectivity index (χ2n) is 4.52. The van der Waals surface area contributed by atoms with Gasteiger partial charge in [0.25, 0.3) is 0 Å². The molecule has 1 aliphatic heterocycles. The molecule has 1 aromatic heterocycles. The monoisotopic (exact) mass is 260 g/mol. The molecule has 3 nitrogen and oxygen atoms in total. The summed E-state index contributed by atoms with van der Waals surface area (Å²) in [7, 11) is 0. The molecule has 1 unspecified atom stereocenters. The summed E-state index contributed by atoms with van der Waals surface area (Å²) in [5, 5.41) is 2.22. The van der Waals surface area contributed by atoms with Crippen LogP contribution in [0.3, 0.4) is 0 Å². The number of pyridine rings is 1. The van der Waals surface area contributed by atoms with Crippen molar-refractivity contribution in [2.75, 3.05) is 18.1 Å². The van der Waals surface area contributed by atoms with Crippen LogP contribution in [0.4, 0.5) is 5.69 Å². The normalized spacial score (nSPS) is 19.4. The Balaban J connectivity index is 1.85. The van der Waals surface area contributed by atoms with Crippen LogP contribution in [0.15, 0.2) is 35.5 Å². The van der Waals surface area contributed by atoms with Crippen molar-refractivity contribution < 1.29 is 4.74 Å². The summed E-state index contributed by atoms with van der Waals surface area (Å²) in [4.78, 5) is 5.40. The van der Waals surface area contributed by atoms with E-state index < -0.39 is 0 Å². The third-order valence-electron chi connectivity index (χ3n) is 3.26. The molecule has 1 aromatic carbocycles. The lowest BCUT2D eigenvalue weighted by atomic mass is 10.1. The van der Waals surface area contributed by atoms with E-state index in [1.54, 1.807) is 0 Å². The number of ether oxygens (including phenoxy) is 1. The Morgan fingerprint density at radius 3 is 3.11 bits per heavy atom. The van der Waals surface area contributed by atoms with Crippen molar-refractivity contribution >= 4 is 28.2 Å². The summed E-state index contributed by atoms with van der Waals surface area (Å²) in [6.07, 6.45) is 6.43. The summed E-state index contributed by atoms with van der Waals surface area (Å²) in [6, 6.07) is 6.09.